The standard InChI is InChI=1S/C24H34N2O4S/c1-16-9-10-19(30-31(4,28)29)13-17(2)22(16)14-24(27)21-8-6-5-7-20(21)23-15-25-11-12-26-18(23)3/h5-8,11-12,16-19,22-23H,9-10,13-15H2,1-4H3. The van der Waals surface area contributed by atoms with E-state index >= 15 is 0 Å². The van der Waals surface area contributed by atoms with Crippen molar-refractivity contribution in [1.82, 2.24) is 0 Å². The fraction of sp³-hybridized carbons (Fsp3) is 0.625. The Bertz CT molecular complexity index is 941. The average molecular weight is 447 g/mol. The third-order valence-electron chi connectivity index (χ3n) is 6.81. The van der Waals surface area contributed by atoms with Crippen LogP contribution in [0, 0.1) is 17.8 Å². The van der Waals surface area contributed by atoms with Crippen molar-refractivity contribution in [2.45, 2.75) is 64.5 Å². The second-order valence-corrected chi connectivity index (χ2v) is 10.8. The summed E-state index contributed by atoms with van der Waals surface area (Å²) in [5.74, 6) is 0.936. The van der Waals surface area contributed by atoms with Crippen LogP contribution in [0.1, 0.15) is 68.3 Å². The zero-order chi connectivity index (χ0) is 22.6. The van der Waals surface area contributed by atoms with Gasteiger partial charge in [-0.05, 0) is 49.5 Å². The Morgan fingerprint density at radius 3 is 2.58 bits per heavy atom. The Hall–Kier alpha value is -1.86. The highest BCUT2D eigenvalue weighted by molar-refractivity contribution is 7.86. The number of aliphatic imine (C=N–C) groups is 2. The molecule has 0 N–H and O–H groups in total. The molecule has 2 aliphatic rings. The molecule has 0 amide bonds. The Balaban J connectivity index is 1.78. The molecule has 0 radical (unpaired) electrons. The zero-order valence-corrected chi connectivity index (χ0v) is 19.7. The molecule has 1 aliphatic carbocycles. The molecule has 170 valence electrons. The van der Waals surface area contributed by atoms with Gasteiger partial charge >= 0.3 is 0 Å². The van der Waals surface area contributed by atoms with Crippen molar-refractivity contribution >= 4 is 28.3 Å². The lowest BCUT2D eigenvalue weighted by molar-refractivity contribution is 0.0911. The summed E-state index contributed by atoms with van der Waals surface area (Å²) in [5.41, 5.74) is 1.78. The van der Waals surface area contributed by atoms with E-state index in [1.807, 2.05) is 24.3 Å². The third kappa shape index (κ3) is 6.32. The molecule has 1 fully saturated rings. The van der Waals surface area contributed by atoms with E-state index in [-0.39, 0.29) is 35.7 Å². The van der Waals surface area contributed by atoms with Crippen LogP contribution in [0.15, 0.2) is 34.3 Å². The van der Waals surface area contributed by atoms with Crippen LogP contribution in [0.5, 0.6) is 0 Å². The van der Waals surface area contributed by atoms with Crippen LogP contribution >= 0.6 is 0 Å². The smallest absolute Gasteiger partial charge is 0.264 e. The molecule has 6 atom stereocenters. The number of nitrogens with zero attached hydrogens (tertiary/aromatic N) is 2. The quantitative estimate of drug-likeness (QED) is 0.370. The SMILES string of the molecule is CC1CCC(OS(C)(=O)=O)CC(C)C1CC(=O)c1ccccc1C1CN=CC=NC1C. The normalized spacial score (nSPS) is 31.7. The maximum atomic E-state index is 13.5. The highest BCUT2D eigenvalue weighted by atomic mass is 32.2. The minimum atomic E-state index is -3.48. The molecular weight excluding hydrogens is 412 g/mol. The molecule has 1 aromatic rings. The number of ketones is 1. The van der Waals surface area contributed by atoms with Crippen molar-refractivity contribution < 1.29 is 17.4 Å². The van der Waals surface area contributed by atoms with Gasteiger partial charge in [-0.25, -0.2) is 0 Å². The van der Waals surface area contributed by atoms with Gasteiger partial charge in [0.05, 0.1) is 18.4 Å². The van der Waals surface area contributed by atoms with Crippen molar-refractivity contribution in [3.63, 3.8) is 0 Å². The van der Waals surface area contributed by atoms with Crippen molar-refractivity contribution in [2.75, 3.05) is 12.8 Å². The average Bonchev–Trinajstić information content (AvgIpc) is 2.98. The summed E-state index contributed by atoms with van der Waals surface area (Å²) < 4.78 is 28.5. The van der Waals surface area contributed by atoms with Crippen molar-refractivity contribution in [1.29, 1.82) is 0 Å². The highest BCUT2D eigenvalue weighted by Gasteiger charge is 2.34. The van der Waals surface area contributed by atoms with E-state index in [1.165, 1.54) is 0 Å². The summed E-state index contributed by atoms with van der Waals surface area (Å²) in [4.78, 5) is 22.4. The molecule has 0 bridgehead atoms. The van der Waals surface area contributed by atoms with Gasteiger partial charge in [-0.15, -0.1) is 0 Å². The van der Waals surface area contributed by atoms with E-state index in [1.54, 1.807) is 12.4 Å². The lowest BCUT2D eigenvalue weighted by atomic mass is 9.77. The molecule has 3 rings (SSSR count). The van der Waals surface area contributed by atoms with Gasteiger partial charge in [0.2, 0.25) is 0 Å². The highest BCUT2D eigenvalue weighted by Crippen LogP contribution is 2.38. The van der Waals surface area contributed by atoms with Crippen LogP contribution in [0.3, 0.4) is 0 Å². The number of carbonyl (C=O) groups excluding carboxylic acids is 1. The first-order valence-electron chi connectivity index (χ1n) is 11.2. The lowest BCUT2D eigenvalue weighted by Crippen LogP contribution is -2.25. The minimum Gasteiger partial charge on any atom is -0.294 e. The predicted molar refractivity (Wildman–Crippen MR) is 125 cm³/mol. The van der Waals surface area contributed by atoms with Crippen LogP contribution in [-0.4, -0.2) is 51.6 Å². The number of hydrogen-bond donors (Lipinski definition) is 0. The maximum absolute atomic E-state index is 13.5. The van der Waals surface area contributed by atoms with Gasteiger partial charge in [0.15, 0.2) is 5.78 Å². The van der Waals surface area contributed by atoms with Gasteiger partial charge in [-0.2, -0.15) is 8.42 Å². The lowest BCUT2D eigenvalue weighted by Gasteiger charge is -2.28. The topological polar surface area (TPSA) is 85.2 Å². The number of Topliss-reactive ketones (excluding diaryl/α,β-unsaturated/α-hetero) is 1. The fourth-order valence-electron chi connectivity index (χ4n) is 5.08. The zero-order valence-electron chi connectivity index (χ0n) is 18.9. The summed E-state index contributed by atoms with van der Waals surface area (Å²) in [6.07, 6.45) is 6.93. The molecule has 1 aliphatic heterocycles. The summed E-state index contributed by atoms with van der Waals surface area (Å²) >= 11 is 0. The molecule has 31 heavy (non-hydrogen) atoms. The Labute approximate surface area is 186 Å². The largest absolute Gasteiger partial charge is 0.294 e. The summed E-state index contributed by atoms with van der Waals surface area (Å²) in [7, 11) is -3.48. The van der Waals surface area contributed by atoms with Crippen molar-refractivity contribution in [3.8, 4) is 0 Å². The first kappa shape index (κ1) is 23.8. The molecular formula is C24H34N2O4S. The number of benzene rings is 1. The van der Waals surface area contributed by atoms with E-state index < -0.39 is 10.1 Å². The number of carbonyl (C=O) groups is 1. The number of hydrogen-bond acceptors (Lipinski definition) is 6. The van der Waals surface area contributed by atoms with Gasteiger partial charge in [0, 0.05) is 36.9 Å². The van der Waals surface area contributed by atoms with Gasteiger partial charge in [0.1, 0.15) is 0 Å². The molecule has 1 saturated carbocycles. The summed E-state index contributed by atoms with van der Waals surface area (Å²) in [6.45, 7) is 6.96. The molecule has 0 aromatic heterocycles. The second kappa shape index (κ2) is 10.2. The van der Waals surface area contributed by atoms with E-state index in [2.05, 4.69) is 30.8 Å². The predicted octanol–water partition coefficient (Wildman–Crippen LogP) is 4.30. The van der Waals surface area contributed by atoms with Crippen molar-refractivity contribution in [3.05, 3.63) is 35.4 Å². The van der Waals surface area contributed by atoms with Gasteiger partial charge in [0.25, 0.3) is 10.1 Å². The van der Waals surface area contributed by atoms with Crippen LogP contribution in [0.4, 0.5) is 0 Å². The van der Waals surface area contributed by atoms with E-state index in [4.69, 9.17) is 4.18 Å². The van der Waals surface area contributed by atoms with Crippen LogP contribution in [0.2, 0.25) is 0 Å². The Morgan fingerprint density at radius 1 is 1.10 bits per heavy atom. The minimum absolute atomic E-state index is 0.0566. The first-order valence-corrected chi connectivity index (χ1v) is 13.0. The fourth-order valence-corrected chi connectivity index (χ4v) is 5.75. The van der Waals surface area contributed by atoms with Gasteiger partial charge in [-0.3, -0.25) is 19.0 Å². The summed E-state index contributed by atoms with van der Waals surface area (Å²) in [6, 6.07) is 7.90. The number of rotatable bonds is 6. The third-order valence-corrected chi connectivity index (χ3v) is 7.43. The van der Waals surface area contributed by atoms with Gasteiger partial charge in [-0.1, -0.05) is 38.1 Å². The van der Waals surface area contributed by atoms with Crippen LogP contribution < -0.4 is 0 Å². The monoisotopic (exact) mass is 446 g/mol. The van der Waals surface area contributed by atoms with Crippen LogP contribution in [0.25, 0.3) is 0 Å². The second-order valence-electron chi connectivity index (χ2n) is 9.23. The summed E-state index contributed by atoms with van der Waals surface area (Å²) in [5, 5.41) is 0. The maximum Gasteiger partial charge on any atom is 0.264 e. The van der Waals surface area contributed by atoms with E-state index in [0.717, 1.165) is 23.8 Å². The molecule has 7 heteroatoms. The molecule has 6 nitrogen and oxygen atoms in total. The molecule has 1 heterocycles. The van der Waals surface area contributed by atoms with Gasteiger partial charge < -0.3 is 0 Å². The van der Waals surface area contributed by atoms with Crippen molar-refractivity contribution in [2.24, 2.45) is 27.7 Å². The first-order chi connectivity index (χ1) is 14.7. The van der Waals surface area contributed by atoms with E-state index in [0.29, 0.717) is 31.7 Å². The Morgan fingerprint density at radius 2 is 1.84 bits per heavy atom. The van der Waals surface area contributed by atoms with E-state index in [9.17, 15) is 13.2 Å². The Kier molecular flexibility index (Phi) is 7.81. The molecule has 1 aromatic carbocycles. The molecule has 0 spiro atoms. The molecule has 0 saturated heterocycles. The van der Waals surface area contributed by atoms with Crippen LogP contribution in [-0.2, 0) is 14.3 Å². The molecule has 6 unspecified atom stereocenters.